The second-order valence-electron chi connectivity index (χ2n) is 9.30. The monoisotopic (exact) mass is 470 g/mol. The highest BCUT2D eigenvalue weighted by Gasteiger charge is 2.55. The van der Waals surface area contributed by atoms with E-state index in [-0.39, 0.29) is 24.3 Å². The maximum atomic E-state index is 14.0. The highest BCUT2D eigenvalue weighted by molar-refractivity contribution is 6.08. The average Bonchev–Trinajstić information content (AvgIpc) is 3.36. The smallest absolute Gasteiger partial charge is 0.324 e. The lowest BCUT2D eigenvalue weighted by Gasteiger charge is -2.48. The Bertz CT molecular complexity index is 1280. The number of rotatable bonds is 6. The number of hydrogen-bond donors (Lipinski definition) is 2. The molecule has 0 radical (unpaired) electrons. The number of amides is 1. The normalized spacial score (nSPS) is 22.5. The van der Waals surface area contributed by atoms with Crippen LogP contribution in [0.4, 0.5) is 5.69 Å². The fourth-order valence-electron chi connectivity index (χ4n) is 5.88. The van der Waals surface area contributed by atoms with E-state index in [0.29, 0.717) is 23.1 Å². The molecule has 8 heteroatoms. The fraction of sp³-hybridized carbons (Fsp3) is 0.296. The predicted molar refractivity (Wildman–Crippen MR) is 130 cm³/mol. The van der Waals surface area contributed by atoms with Gasteiger partial charge in [0.2, 0.25) is 0 Å². The lowest BCUT2D eigenvalue weighted by molar-refractivity contribution is -0.146. The van der Waals surface area contributed by atoms with Crippen LogP contribution in [0.2, 0.25) is 0 Å². The summed E-state index contributed by atoms with van der Waals surface area (Å²) >= 11 is 0. The van der Waals surface area contributed by atoms with Crippen molar-refractivity contribution in [2.75, 3.05) is 4.90 Å². The summed E-state index contributed by atoms with van der Waals surface area (Å²) in [6.07, 6.45) is 7.47. The number of hydrogen-bond acceptors (Lipinski definition) is 6. The first-order valence-electron chi connectivity index (χ1n) is 11.7. The molecule has 1 aliphatic heterocycles. The van der Waals surface area contributed by atoms with E-state index in [1.54, 1.807) is 18.5 Å². The number of anilines is 1. The first-order valence-corrected chi connectivity index (χ1v) is 11.7. The topological polar surface area (TPSA) is 126 Å². The first-order chi connectivity index (χ1) is 17.0. The van der Waals surface area contributed by atoms with Crippen LogP contribution < -0.4 is 10.6 Å². The van der Waals surface area contributed by atoms with Gasteiger partial charge in [0.1, 0.15) is 18.2 Å². The van der Waals surface area contributed by atoms with Crippen LogP contribution in [-0.2, 0) is 9.59 Å². The maximum absolute atomic E-state index is 14.0. The van der Waals surface area contributed by atoms with Crippen LogP contribution in [0.15, 0.2) is 67.3 Å². The minimum absolute atomic E-state index is 0.153. The number of aromatic nitrogens is 2. The van der Waals surface area contributed by atoms with Gasteiger partial charge in [0, 0.05) is 47.6 Å². The standard InChI is InChI=1S/C27H26N4O4/c28-27(11-12-32,26(34)35)24-20-7-1-2-9-22(20)31(23-10-4-8-21(23)24)25(33)18-6-3-5-17(13-18)19-14-29-16-30-15-19/h1-3,5-7,9,12-16,21,23-24H,4,8,10-11,28H2,(H,34,35). The van der Waals surface area contributed by atoms with Crippen LogP contribution in [0.3, 0.4) is 0 Å². The van der Waals surface area contributed by atoms with Crippen molar-refractivity contribution in [3.8, 4) is 11.1 Å². The van der Waals surface area contributed by atoms with E-state index in [1.807, 2.05) is 47.4 Å². The number of aldehydes is 1. The van der Waals surface area contributed by atoms with E-state index >= 15 is 0 Å². The molecule has 1 fully saturated rings. The van der Waals surface area contributed by atoms with Gasteiger partial charge < -0.3 is 20.5 Å². The molecule has 2 heterocycles. The third kappa shape index (κ3) is 3.80. The zero-order chi connectivity index (χ0) is 24.6. The van der Waals surface area contributed by atoms with Gasteiger partial charge in [-0.05, 0) is 48.1 Å². The summed E-state index contributed by atoms with van der Waals surface area (Å²) in [6, 6.07) is 14.5. The van der Waals surface area contributed by atoms with E-state index < -0.39 is 17.4 Å². The van der Waals surface area contributed by atoms with E-state index in [1.165, 1.54) is 6.33 Å². The molecule has 178 valence electrons. The minimum Gasteiger partial charge on any atom is -0.480 e. The molecule has 1 aliphatic carbocycles. The summed E-state index contributed by atoms with van der Waals surface area (Å²) in [4.78, 5) is 47.7. The summed E-state index contributed by atoms with van der Waals surface area (Å²) in [5, 5.41) is 10.1. The van der Waals surface area contributed by atoms with Crippen molar-refractivity contribution in [3.63, 3.8) is 0 Å². The number of nitrogens with zero attached hydrogens (tertiary/aromatic N) is 3. The molecule has 0 spiro atoms. The van der Waals surface area contributed by atoms with Crippen LogP contribution in [0, 0.1) is 5.92 Å². The highest BCUT2D eigenvalue weighted by atomic mass is 16.4. The Kier molecular flexibility index (Phi) is 5.90. The Morgan fingerprint density at radius 3 is 2.60 bits per heavy atom. The largest absolute Gasteiger partial charge is 0.480 e. The molecule has 1 amide bonds. The quantitative estimate of drug-likeness (QED) is 0.529. The molecule has 8 nitrogen and oxygen atoms in total. The van der Waals surface area contributed by atoms with Gasteiger partial charge in [0.15, 0.2) is 0 Å². The highest BCUT2D eigenvalue weighted by Crippen LogP contribution is 2.53. The van der Waals surface area contributed by atoms with Crippen molar-refractivity contribution in [3.05, 3.63) is 78.4 Å². The maximum Gasteiger partial charge on any atom is 0.324 e. The summed E-state index contributed by atoms with van der Waals surface area (Å²) in [5.41, 5.74) is 8.24. The molecule has 5 rings (SSSR count). The zero-order valence-corrected chi connectivity index (χ0v) is 19.1. The Morgan fingerprint density at radius 1 is 1.09 bits per heavy atom. The number of nitrogens with two attached hydrogens (primary N) is 1. The van der Waals surface area contributed by atoms with Crippen LogP contribution in [0.1, 0.15) is 47.5 Å². The van der Waals surface area contributed by atoms with Gasteiger partial charge in [0.25, 0.3) is 5.91 Å². The Hall–Kier alpha value is -3.91. The van der Waals surface area contributed by atoms with Gasteiger partial charge in [-0.2, -0.15) is 0 Å². The number of carboxylic acid groups (broad SMARTS) is 1. The zero-order valence-electron chi connectivity index (χ0n) is 19.1. The lowest BCUT2D eigenvalue weighted by Crippen LogP contribution is -2.60. The summed E-state index contributed by atoms with van der Waals surface area (Å²) in [6.45, 7) is 0. The Morgan fingerprint density at radius 2 is 1.86 bits per heavy atom. The molecular weight excluding hydrogens is 444 g/mol. The van der Waals surface area contributed by atoms with Gasteiger partial charge in [-0.25, -0.2) is 9.97 Å². The fourth-order valence-corrected chi connectivity index (χ4v) is 5.88. The molecule has 4 unspecified atom stereocenters. The van der Waals surface area contributed by atoms with Gasteiger partial charge >= 0.3 is 5.97 Å². The molecule has 0 bridgehead atoms. The summed E-state index contributed by atoms with van der Waals surface area (Å²) in [5.74, 6) is -2.10. The second-order valence-corrected chi connectivity index (χ2v) is 9.30. The number of aliphatic carboxylic acids is 1. The third-order valence-electron chi connectivity index (χ3n) is 7.42. The number of carbonyl (C=O) groups is 3. The third-order valence-corrected chi connectivity index (χ3v) is 7.42. The van der Waals surface area contributed by atoms with Gasteiger partial charge in [-0.15, -0.1) is 0 Å². The van der Waals surface area contributed by atoms with E-state index in [0.717, 1.165) is 30.4 Å². The van der Waals surface area contributed by atoms with Gasteiger partial charge in [0.05, 0.1) is 0 Å². The summed E-state index contributed by atoms with van der Waals surface area (Å²) in [7, 11) is 0. The molecule has 1 saturated carbocycles. The molecule has 1 aromatic heterocycles. The lowest BCUT2D eigenvalue weighted by atomic mass is 9.66. The number of benzene rings is 2. The van der Waals surface area contributed by atoms with E-state index in [9.17, 15) is 19.5 Å². The molecule has 2 aromatic carbocycles. The van der Waals surface area contributed by atoms with Crippen molar-refractivity contribution in [1.82, 2.24) is 9.97 Å². The average molecular weight is 471 g/mol. The van der Waals surface area contributed by atoms with Crippen molar-refractivity contribution < 1.29 is 19.5 Å². The molecule has 35 heavy (non-hydrogen) atoms. The first kappa shape index (κ1) is 22.9. The van der Waals surface area contributed by atoms with E-state index in [2.05, 4.69) is 9.97 Å². The van der Waals surface area contributed by atoms with Crippen molar-refractivity contribution in [2.24, 2.45) is 11.7 Å². The predicted octanol–water partition coefficient (Wildman–Crippen LogP) is 3.43. The van der Waals surface area contributed by atoms with Crippen LogP contribution in [0.5, 0.6) is 0 Å². The van der Waals surface area contributed by atoms with Crippen molar-refractivity contribution in [2.45, 2.75) is 43.2 Å². The van der Waals surface area contributed by atoms with Crippen LogP contribution >= 0.6 is 0 Å². The molecule has 2 aliphatic rings. The molecule has 4 atom stereocenters. The van der Waals surface area contributed by atoms with Crippen LogP contribution in [0.25, 0.3) is 11.1 Å². The Balaban J connectivity index is 1.61. The second kappa shape index (κ2) is 9.03. The number of para-hydroxylation sites is 1. The Labute approximate surface area is 202 Å². The SMILES string of the molecule is NC(CC=O)(C(=O)O)C1c2ccccc2N(C(=O)c2cccc(-c3cncnc3)c2)C2CCCC21. The van der Waals surface area contributed by atoms with Crippen LogP contribution in [-0.4, -0.2) is 44.8 Å². The number of carbonyl (C=O) groups excluding carboxylic acids is 2. The molecule has 0 saturated heterocycles. The van der Waals surface area contributed by atoms with Gasteiger partial charge in [-0.3, -0.25) is 9.59 Å². The number of fused-ring (bicyclic) bond motifs is 2. The summed E-state index contributed by atoms with van der Waals surface area (Å²) < 4.78 is 0. The van der Waals surface area contributed by atoms with Gasteiger partial charge in [-0.1, -0.05) is 36.8 Å². The van der Waals surface area contributed by atoms with Crippen molar-refractivity contribution >= 4 is 23.9 Å². The molecule has 3 aromatic rings. The molecule has 3 N–H and O–H groups in total. The minimum atomic E-state index is -1.74. The number of carboxylic acids is 1. The van der Waals surface area contributed by atoms with Crippen molar-refractivity contribution in [1.29, 1.82) is 0 Å². The molecular formula is C27H26N4O4. The van der Waals surface area contributed by atoms with E-state index in [4.69, 9.17) is 5.73 Å².